The Morgan fingerprint density at radius 1 is 1.25 bits per heavy atom. The standard InChI is InChI=1S/C12H18N2OS/c1-9-10-4-7-16-8-5-11(10)14-12(13-9)3-2-6-15/h15H,2-8H2,1H3. The van der Waals surface area contributed by atoms with Crippen molar-refractivity contribution in [1.29, 1.82) is 0 Å². The largest absolute Gasteiger partial charge is 0.396 e. The van der Waals surface area contributed by atoms with Crippen LogP contribution in [0.2, 0.25) is 0 Å². The molecule has 0 saturated carbocycles. The van der Waals surface area contributed by atoms with Crippen molar-refractivity contribution in [3.8, 4) is 0 Å². The smallest absolute Gasteiger partial charge is 0.128 e. The van der Waals surface area contributed by atoms with Crippen molar-refractivity contribution < 1.29 is 5.11 Å². The molecule has 0 amide bonds. The Hall–Kier alpha value is -0.610. The van der Waals surface area contributed by atoms with Crippen molar-refractivity contribution >= 4 is 11.8 Å². The van der Waals surface area contributed by atoms with Gasteiger partial charge in [0.25, 0.3) is 0 Å². The van der Waals surface area contributed by atoms with E-state index >= 15 is 0 Å². The van der Waals surface area contributed by atoms with Crippen molar-refractivity contribution in [2.75, 3.05) is 18.1 Å². The van der Waals surface area contributed by atoms with Crippen LogP contribution in [0.5, 0.6) is 0 Å². The molecule has 0 aromatic carbocycles. The highest BCUT2D eigenvalue weighted by atomic mass is 32.2. The van der Waals surface area contributed by atoms with Gasteiger partial charge >= 0.3 is 0 Å². The third-order valence-electron chi connectivity index (χ3n) is 2.88. The molecule has 0 radical (unpaired) electrons. The second-order valence-electron chi connectivity index (χ2n) is 4.09. The molecule has 1 aliphatic heterocycles. The van der Waals surface area contributed by atoms with E-state index in [1.807, 2.05) is 11.8 Å². The molecule has 0 fully saturated rings. The third-order valence-corrected chi connectivity index (χ3v) is 3.87. The first kappa shape index (κ1) is 11.9. The molecule has 0 unspecified atom stereocenters. The number of fused-ring (bicyclic) bond motifs is 1. The Balaban J connectivity index is 2.24. The maximum Gasteiger partial charge on any atom is 0.128 e. The van der Waals surface area contributed by atoms with Crippen LogP contribution in [-0.4, -0.2) is 33.2 Å². The van der Waals surface area contributed by atoms with Crippen molar-refractivity contribution in [3.63, 3.8) is 0 Å². The first-order valence-corrected chi connectivity index (χ1v) is 7.00. The molecule has 16 heavy (non-hydrogen) atoms. The zero-order valence-corrected chi connectivity index (χ0v) is 10.5. The van der Waals surface area contributed by atoms with E-state index in [0.717, 1.165) is 37.2 Å². The predicted octanol–water partition coefficient (Wildman–Crippen LogP) is 1.54. The molecule has 1 aromatic heterocycles. The fourth-order valence-electron chi connectivity index (χ4n) is 2.04. The minimum Gasteiger partial charge on any atom is -0.396 e. The van der Waals surface area contributed by atoms with Crippen molar-refractivity contribution in [1.82, 2.24) is 9.97 Å². The molecule has 3 nitrogen and oxygen atoms in total. The highest BCUT2D eigenvalue weighted by molar-refractivity contribution is 7.99. The molecule has 1 aliphatic rings. The summed E-state index contributed by atoms with van der Waals surface area (Å²) in [6.45, 7) is 2.30. The lowest BCUT2D eigenvalue weighted by atomic mass is 10.1. The maximum atomic E-state index is 8.82. The van der Waals surface area contributed by atoms with Crippen LogP contribution in [-0.2, 0) is 19.3 Å². The van der Waals surface area contributed by atoms with Gasteiger partial charge in [0.2, 0.25) is 0 Å². The van der Waals surface area contributed by atoms with Crippen molar-refractivity contribution in [2.45, 2.75) is 32.6 Å². The van der Waals surface area contributed by atoms with Crippen LogP contribution >= 0.6 is 11.8 Å². The third kappa shape index (κ3) is 2.74. The Labute approximate surface area is 101 Å². The van der Waals surface area contributed by atoms with E-state index in [0.29, 0.717) is 0 Å². The average molecular weight is 238 g/mol. The number of aliphatic hydroxyl groups is 1. The number of hydrogen-bond donors (Lipinski definition) is 1. The minimum absolute atomic E-state index is 0.218. The number of hydrogen-bond acceptors (Lipinski definition) is 4. The molecule has 1 N–H and O–H groups in total. The zero-order valence-electron chi connectivity index (χ0n) is 9.70. The van der Waals surface area contributed by atoms with E-state index in [-0.39, 0.29) is 6.61 Å². The van der Waals surface area contributed by atoms with E-state index < -0.39 is 0 Å². The Bertz CT molecular complexity index is 368. The maximum absolute atomic E-state index is 8.82. The van der Waals surface area contributed by atoms with Gasteiger partial charge in [0.1, 0.15) is 5.82 Å². The van der Waals surface area contributed by atoms with Gasteiger partial charge in [-0.05, 0) is 43.3 Å². The van der Waals surface area contributed by atoms with Crippen LogP contribution in [0.15, 0.2) is 0 Å². The van der Waals surface area contributed by atoms with E-state index in [1.54, 1.807) is 0 Å². The highest BCUT2D eigenvalue weighted by Crippen LogP contribution is 2.20. The molecule has 4 heteroatoms. The van der Waals surface area contributed by atoms with E-state index in [1.165, 1.54) is 22.8 Å². The quantitative estimate of drug-likeness (QED) is 0.867. The minimum atomic E-state index is 0.218. The summed E-state index contributed by atoms with van der Waals surface area (Å²) in [5.74, 6) is 3.26. The Morgan fingerprint density at radius 3 is 2.88 bits per heavy atom. The number of aromatic nitrogens is 2. The molecule has 0 atom stereocenters. The van der Waals surface area contributed by atoms with Gasteiger partial charge < -0.3 is 5.11 Å². The van der Waals surface area contributed by atoms with Crippen LogP contribution < -0.4 is 0 Å². The number of aliphatic hydroxyl groups excluding tert-OH is 1. The topological polar surface area (TPSA) is 46.0 Å². The molecular weight excluding hydrogens is 220 g/mol. The van der Waals surface area contributed by atoms with E-state index in [2.05, 4.69) is 16.9 Å². The fraction of sp³-hybridized carbons (Fsp3) is 0.667. The van der Waals surface area contributed by atoms with Gasteiger partial charge in [-0.3, -0.25) is 0 Å². The molecule has 0 aliphatic carbocycles. The van der Waals surface area contributed by atoms with Crippen molar-refractivity contribution in [2.24, 2.45) is 0 Å². The molecule has 2 rings (SSSR count). The number of thioether (sulfide) groups is 1. The SMILES string of the molecule is Cc1nc(CCCO)nc2c1CCSCC2. The second-order valence-corrected chi connectivity index (χ2v) is 5.31. The van der Waals surface area contributed by atoms with Gasteiger partial charge in [0.05, 0.1) is 0 Å². The summed E-state index contributed by atoms with van der Waals surface area (Å²) in [4.78, 5) is 9.17. The molecule has 2 heterocycles. The normalized spacial score (nSPS) is 15.6. The summed E-state index contributed by atoms with van der Waals surface area (Å²) in [5, 5.41) is 8.82. The Morgan fingerprint density at radius 2 is 2.06 bits per heavy atom. The van der Waals surface area contributed by atoms with Gasteiger partial charge in [0, 0.05) is 24.4 Å². The first-order valence-electron chi connectivity index (χ1n) is 5.85. The van der Waals surface area contributed by atoms with E-state index in [4.69, 9.17) is 5.11 Å². The number of nitrogens with zero attached hydrogens (tertiary/aromatic N) is 2. The molecule has 0 bridgehead atoms. The number of rotatable bonds is 3. The summed E-state index contributed by atoms with van der Waals surface area (Å²) >= 11 is 2.00. The highest BCUT2D eigenvalue weighted by Gasteiger charge is 2.14. The van der Waals surface area contributed by atoms with Crippen LogP contribution in [0.1, 0.15) is 29.2 Å². The lowest BCUT2D eigenvalue weighted by Gasteiger charge is -2.10. The molecule has 88 valence electrons. The zero-order chi connectivity index (χ0) is 11.4. The lowest BCUT2D eigenvalue weighted by Crippen LogP contribution is -2.08. The van der Waals surface area contributed by atoms with Gasteiger partial charge in [-0.1, -0.05) is 0 Å². The fourth-order valence-corrected chi connectivity index (χ4v) is 2.93. The summed E-state index contributed by atoms with van der Waals surface area (Å²) in [6.07, 6.45) is 3.71. The van der Waals surface area contributed by atoms with Gasteiger partial charge in [0.15, 0.2) is 0 Å². The summed E-state index contributed by atoms with van der Waals surface area (Å²) in [7, 11) is 0. The Kier molecular flexibility index (Phi) is 4.18. The van der Waals surface area contributed by atoms with Crippen LogP contribution in [0.4, 0.5) is 0 Å². The van der Waals surface area contributed by atoms with Gasteiger partial charge in [-0.15, -0.1) is 0 Å². The molecular formula is C12H18N2OS. The molecule has 1 aromatic rings. The van der Waals surface area contributed by atoms with Crippen LogP contribution in [0, 0.1) is 6.92 Å². The van der Waals surface area contributed by atoms with Crippen molar-refractivity contribution in [3.05, 3.63) is 22.8 Å². The molecule has 0 spiro atoms. The number of aryl methyl sites for hydroxylation is 3. The van der Waals surface area contributed by atoms with Crippen LogP contribution in [0.25, 0.3) is 0 Å². The monoisotopic (exact) mass is 238 g/mol. The second kappa shape index (κ2) is 5.64. The lowest BCUT2D eigenvalue weighted by molar-refractivity contribution is 0.287. The van der Waals surface area contributed by atoms with Gasteiger partial charge in [-0.2, -0.15) is 11.8 Å². The first-order chi connectivity index (χ1) is 7.81. The summed E-state index contributed by atoms with van der Waals surface area (Å²) < 4.78 is 0. The molecule has 0 saturated heterocycles. The summed E-state index contributed by atoms with van der Waals surface area (Å²) in [6, 6.07) is 0. The van der Waals surface area contributed by atoms with Gasteiger partial charge in [-0.25, -0.2) is 9.97 Å². The van der Waals surface area contributed by atoms with Crippen LogP contribution in [0.3, 0.4) is 0 Å². The predicted molar refractivity (Wildman–Crippen MR) is 66.9 cm³/mol. The summed E-state index contributed by atoms with van der Waals surface area (Å²) in [5.41, 5.74) is 3.74. The average Bonchev–Trinajstić information content (AvgIpc) is 2.51. The van der Waals surface area contributed by atoms with E-state index in [9.17, 15) is 0 Å².